The molecular formula is C41H50ClF2N9O5. The maximum Gasteiger partial charge on any atom is 0.284 e. The third-order valence-corrected chi connectivity index (χ3v) is 11.2. The molecule has 0 saturated heterocycles. The molecule has 0 atom stereocenters. The standard InChI is InChI=1S/C41H50ClF2N9O5/c1-51(16-3-14-46-36(54)25-57-31-11-12-34-28(18-31)4-2-17-52(34)37(55)20-42)22-27-7-9-30(10-8-27)53-23-32(38(50-53)39(43)44)48-40(56)33-24-58-41(49-33)29-13-15-45-35(19-29)47-21-26-5-6-26/h11-13,15,18-19,23-24,26-27,30,39H,2-10,14,16-17,20-22,25H2,1H3,(H,45,47)(H,46,54)(H,48,56). The molecule has 0 spiro atoms. The second-order valence-corrected chi connectivity index (χ2v) is 15.7. The number of ether oxygens (including phenoxy) is 1. The lowest BCUT2D eigenvalue weighted by Gasteiger charge is -2.31. The number of halogens is 3. The van der Waals surface area contributed by atoms with E-state index in [0.717, 1.165) is 75.8 Å². The Morgan fingerprint density at radius 1 is 1.09 bits per heavy atom. The first kappa shape index (κ1) is 41.1. The zero-order valence-electron chi connectivity index (χ0n) is 32.6. The molecule has 3 aliphatic rings. The van der Waals surface area contributed by atoms with E-state index in [4.69, 9.17) is 20.8 Å². The van der Waals surface area contributed by atoms with Crippen molar-refractivity contribution in [1.82, 2.24) is 30.0 Å². The monoisotopic (exact) mass is 821 g/mol. The minimum atomic E-state index is -2.87. The quantitative estimate of drug-likeness (QED) is 0.0728. The Morgan fingerprint density at radius 2 is 1.90 bits per heavy atom. The summed E-state index contributed by atoms with van der Waals surface area (Å²) in [4.78, 5) is 50.3. The minimum absolute atomic E-state index is 0.0359. The largest absolute Gasteiger partial charge is 0.484 e. The van der Waals surface area contributed by atoms with Gasteiger partial charge in [0, 0.05) is 49.8 Å². The minimum Gasteiger partial charge on any atom is -0.484 e. The highest BCUT2D eigenvalue weighted by molar-refractivity contribution is 6.29. The molecule has 1 aromatic carbocycles. The maximum absolute atomic E-state index is 14.1. The van der Waals surface area contributed by atoms with Gasteiger partial charge in [0.25, 0.3) is 18.2 Å². The highest BCUT2D eigenvalue weighted by Crippen LogP contribution is 2.36. The van der Waals surface area contributed by atoms with Gasteiger partial charge in [-0.25, -0.2) is 18.7 Å². The van der Waals surface area contributed by atoms with Gasteiger partial charge < -0.3 is 34.9 Å². The maximum atomic E-state index is 14.1. The van der Waals surface area contributed by atoms with E-state index >= 15 is 0 Å². The number of nitrogens with zero attached hydrogens (tertiary/aromatic N) is 6. The Balaban J connectivity index is 0.815. The molecule has 3 aromatic heterocycles. The van der Waals surface area contributed by atoms with Crippen molar-refractivity contribution in [3.63, 3.8) is 0 Å². The van der Waals surface area contributed by atoms with E-state index in [0.29, 0.717) is 42.1 Å². The van der Waals surface area contributed by atoms with Crippen LogP contribution in [0.1, 0.15) is 85.6 Å². The molecule has 310 valence electrons. The summed E-state index contributed by atoms with van der Waals surface area (Å²) < 4.78 is 41.1. The molecular weight excluding hydrogens is 772 g/mol. The molecule has 1 aliphatic heterocycles. The lowest BCUT2D eigenvalue weighted by molar-refractivity contribution is -0.123. The molecule has 2 fully saturated rings. The van der Waals surface area contributed by atoms with Crippen LogP contribution < -0.4 is 25.6 Å². The molecule has 14 nitrogen and oxygen atoms in total. The first-order valence-corrected chi connectivity index (χ1v) is 20.6. The summed E-state index contributed by atoms with van der Waals surface area (Å²) in [6, 6.07) is 8.96. The number of nitrogens with one attached hydrogen (secondary N) is 3. The zero-order valence-corrected chi connectivity index (χ0v) is 33.4. The number of oxazole rings is 1. The van der Waals surface area contributed by atoms with Gasteiger partial charge in [0.2, 0.25) is 11.8 Å². The van der Waals surface area contributed by atoms with E-state index in [1.165, 1.54) is 25.3 Å². The zero-order chi connectivity index (χ0) is 40.6. The highest BCUT2D eigenvalue weighted by Gasteiger charge is 2.28. The van der Waals surface area contributed by atoms with Crippen LogP contribution in [0.3, 0.4) is 0 Å². The average molecular weight is 822 g/mol. The summed E-state index contributed by atoms with van der Waals surface area (Å²) in [5.74, 6) is 1.55. The van der Waals surface area contributed by atoms with Gasteiger partial charge in [-0.3, -0.25) is 19.1 Å². The van der Waals surface area contributed by atoms with Crippen LogP contribution in [0.5, 0.6) is 5.75 Å². The van der Waals surface area contributed by atoms with Crippen LogP contribution in [0.2, 0.25) is 0 Å². The van der Waals surface area contributed by atoms with Crippen LogP contribution in [-0.2, 0) is 16.0 Å². The van der Waals surface area contributed by atoms with Crippen LogP contribution in [0.4, 0.5) is 26.0 Å². The van der Waals surface area contributed by atoms with Gasteiger partial charge in [0.1, 0.15) is 23.7 Å². The van der Waals surface area contributed by atoms with Crippen LogP contribution in [0, 0.1) is 11.8 Å². The van der Waals surface area contributed by atoms with Crippen molar-refractivity contribution in [3.05, 3.63) is 65.9 Å². The number of anilines is 3. The fraction of sp³-hybridized carbons (Fsp3) is 0.512. The summed E-state index contributed by atoms with van der Waals surface area (Å²) in [6.45, 7) is 3.60. The Hall–Kier alpha value is -5.09. The van der Waals surface area contributed by atoms with Gasteiger partial charge in [0.05, 0.1) is 11.7 Å². The van der Waals surface area contributed by atoms with Gasteiger partial charge in [-0.15, -0.1) is 11.6 Å². The number of hydrogen-bond donors (Lipinski definition) is 3. The van der Waals surface area contributed by atoms with Crippen LogP contribution in [0.15, 0.2) is 53.4 Å². The predicted molar refractivity (Wildman–Crippen MR) is 216 cm³/mol. The van der Waals surface area contributed by atoms with Crippen molar-refractivity contribution < 1.29 is 32.3 Å². The van der Waals surface area contributed by atoms with E-state index in [1.54, 1.807) is 34.0 Å². The molecule has 0 unspecified atom stereocenters. The molecule has 3 amide bonds. The summed E-state index contributed by atoms with van der Waals surface area (Å²) >= 11 is 5.77. The molecule has 4 heterocycles. The third kappa shape index (κ3) is 10.7. The number of carbonyl (C=O) groups excluding carboxylic acids is 3. The topological polar surface area (TPSA) is 160 Å². The Morgan fingerprint density at radius 3 is 2.67 bits per heavy atom. The molecule has 58 heavy (non-hydrogen) atoms. The average Bonchev–Trinajstić information content (AvgIpc) is 3.75. The number of alkyl halides is 3. The SMILES string of the molecule is CN(CCCNC(=O)COc1ccc2c(c1)CCCN2C(=O)CCl)CC1CCC(n2cc(NC(=O)c3coc(-c4ccnc(NCC5CC5)c4)n3)c(C(F)F)n2)CC1. The second-order valence-electron chi connectivity index (χ2n) is 15.5. The molecule has 0 bridgehead atoms. The number of rotatable bonds is 18. The number of carbonyl (C=O) groups is 3. The highest BCUT2D eigenvalue weighted by atomic mass is 35.5. The Bertz CT molecular complexity index is 2050. The molecule has 0 radical (unpaired) electrons. The first-order valence-electron chi connectivity index (χ1n) is 20.0. The van der Waals surface area contributed by atoms with E-state index < -0.39 is 18.0 Å². The fourth-order valence-corrected chi connectivity index (χ4v) is 7.82. The molecule has 4 aromatic rings. The van der Waals surface area contributed by atoms with E-state index in [-0.39, 0.29) is 47.6 Å². The van der Waals surface area contributed by atoms with Crippen LogP contribution in [0.25, 0.3) is 11.5 Å². The van der Waals surface area contributed by atoms with Gasteiger partial charge in [0.15, 0.2) is 18.0 Å². The molecule has 2 saturated carbocycles. The summed E-state index contributed by atoms with van der Waals surface area (Å²) in [6.07, 6.45) is 9.70. The predicted octanol–water partition coefficient (Wildman–Crippen LogP) is 6.71. The summed E-state index contributed by atoms with van der Waals surface area (Å²) in [5.41, 5.74) is 1.92. The lowest BCUT2D eigenvalue weighted by Crippen LogP contribution is -2.36. The normalized spacial score (nSPS) is 17.9. The third-order valence-electron chi connectivity index (χ3n) is 11.0. The number of benzene rings is 1. The van der Waals surface area contributed by atoms with Crippen LogP contribution >= 0.6 is 11.6 Å². The van der Waals surface area contributed by atoms with Crippen molar-refractivity contribution in [2.45, 2.75) is 70.3 Å². The molecule has 7 rings (SSSR count). The first-order chi connectivity index (χ1) is 28.1. The van der Waals surface area contributed by atoms with Crippen molar-refractivity contribution >= 4 is 46.5 Å². The Labute approximate surface area is 341 Å². The van der Waals surface area contributed by atoms with Gasteiger partial charge >= 0.3 is 0 Å². The molecule has 17 heteroatoms. The summed E-state index contributed by atoms with van der Waals surface area (Å²) in [7, 11) is 2.06. The van der Waals surface area contributed by atoms with Crippen molar-refractivity contribution in [1.29, 1.82) is 0 Å². The van der Waals surface area contributed by atoms with E-state index in [1.807, 2.05) is 12.1 Å². The number of aromatic nitrogens is 4. The molecule has 2 aliphatic carbocycles. The van der Waals surface area contributed by atoms with Crippen molar-refractivity contribution in [2.24, 2.45) is 11.8 Å². The van der Waals surface area contributed by atoms with Crippen molar-refractivity contribution in [3.8, 4) is 17.2 Å². The van der Waals surface area contributed by atoms with Gasteiger partial charge in [-0.2, -0.15) is 5.10 Å². The van der Waals surface area contributed by atoms with E-state index in [2.05, 4.69) is 43.0 Å². The summed E-state index contributed by atoms with van der Waals surface area (Å²) in [5, 5.41) is 13.0. The Kier molecular flexibility index (Phi) is 13.5. The van der Waals surface area contributed by atoms with Gasteiger partial charge in [-0.1, -0.05) is 0 Å². The number of hydrogen-bond acceptors (Lipinski definition) is 10. The van der Waals surface area contributed by atoms with Crippen molar-refractivity contribution in [2.75, 3.05) is 67.8 Å². The van der Waals surface area contributed by atoms with Gasteiger partial charge in [-0.05, 0) is 119 Å². The second kappa shape index (κ2) is 19.1. The molecule has 3 N–H and O–H groups in total. The fourth-order valence-electron chi connectivity index (χ4n) is 7.67. The number of pyridine rings is 1. The lowest BCUT2D eigenvalue weighted by atomic mass is 9.86. The van der Waals surface area contributed by atoms with Crippen LogP contribution in [-0.4, -0.2) is 94.6 Å². The number of amides is 3. The van der Waals surface area contributed by atoms with E-state index in [9.17, 15) is 23.2 Å². The smallest absolute Gasteiger partial charge is 0.284 e. The number of fused-ring (bicyclic) bond motifs is 1. The number of aryl methyl sites for hydroxylation is 1.